The predicted molar refractivity (Wildman–Crippen MR) is 136 cm³/mol. The van der Waals surface area contributed by atoms with Gasteiger partial charge in [0.05, 0.1) is 27.9 Å². The lowest BCUT2D eigenvalue weighted by molar-refractivity contribution is -0.384. The quantitative estimate of drug-likeness (QED) is 0.322. The summed E-state index contributed by atoms with van der Waals surface area (Å²) in [5, 5.41) is 23.8. The highest BCUT2D eigenvalue weighted by molar-refractivity contribution is 7.07. The number of non-ortho nitro benzene ring substituents is 1. The number of nitriles is 1. The first kappa shape index (κ1) is 24.1. The zero-order valence-electron chi connectivity index (χ0n) is 18.9. The number of nitro benzene ring substituents is 1. The first-order valence-electron chi connectivity index (χ1n) is 10.5. The number of hydrogen-bond donors (Lipinski definition) is 1. The number of ether oxygens (including phenoxy) is 1. The molecule has 3 aromatic carbocycles. The molecule has 0 aliphatic heterocycles. The van der Waals surface area contributed by atoms with Gasteiger partial charge in [0, 0.05) is 12.1 Å². The van der Waals surface area contributed by atoms with E-state index in [0.29, 0.717) is 22.7 Å². The number of hydrogen-bond acceptors (Lipinski definition) is 7. The summed E-state index contributed by atoms with van der Waals surface area (Å²) in [7, 11) is 1.46. The maximum absolute atomic E-state index is 13.4. The number of para-hydroxylation sites is 3. The fraction of sp³-hybridized carbons (Fsp3) is 0.0385. The van der Waals surface area contributed by atoms with E-state index in [0.717, 1.165) is 11.3 Å². The maximum atomic E-state index is 13.4. The Morgan fingerprint density at radius 2 is 1.83 bits per heavy atom. The van der Waals surface area contributed by atoms with Gasteiger partial charge in [0.25, 0.3) is 17.2 Å². The number of anilines is 1. The molecule has 4 aromatic rings. The number of carbonyl (C=O) groups is 1. The third-order valence-electron chi connectivity index (χ3n) is 5.12. The van der Waals surface area contributed by atoms with E-state index in [2.05, 4.69) is 5.32 Å². The van der Waals surface area contributed by atoms with Gasteiger partial charge in [0.1, 0.15) is 16.5 Å². The molecule has 36 heavy (non-hydrogen) atoms. The Labute approximate surface area is 208 Å². The minimum Gasteiger partial charge on any atom is -0.495 e. The summed E-state index contributed by atoms with van der Waals surface area (Å²) in [6.45, 7) is 0. The Hall–Kier alpha value is -5.01. The van der Waals surface area contributed by atoms with Crippen LogP contribution in [0, 0.1) is 21.4 Å². The Bertz CT molecular complexity index is 1680. The molecule has 178 valence electrons. The summed E-state index contributed by atoms with van der Waals surface area (Å²) in [6, 6.07) is 23.1. The molecule has 0 bridgehead atoms. The molecule has 4 rings (SSSR count). The molecule has 0 spiro atoms. The van der Waals surface area contributed by atoms with Gasteiger partial charge in [-0.1, -0.05) is 42.5 Å². The lowest BCUT2D eigenvalue weighted by atomic mass is 10.2. The number of rotatable bonds is 6. The molecule has 0 unspecified atom stereocenters. The molecule has 0 saturated carbocycles. The van der Waals surface area contributed by atoms with Crippen LogP contribution in [0.2, 0.25) is 0 Å². The molecule has 0 saturated heterocycles. The molecular weight excluding hydrogens is 480 g/mol. The highest BCUT2D eigenvalue weighted by Crippen LogP contribution is 2.23. The zero-order valence-corrected chi connectivity index (χ0v) is 19.7. The first-order chi connectivity index (χ1) is 17.4. The van der Waals surface area contributed by atoms with Crippen molar-refractivity contribution in [1.82, 2.24) is 4.57 Å². The van der Waals surface area contributed by atoms with Gasteiger partial charge < -0.3 is 10.1 Å². The largest absolute Gasteiger partial charge is 0.495 e. The predicted octanol–water partition coefficient (Wildman–Crippen LogP) is 2.96. The van der Waals surface area contributed by atoms with Gasteiger partial charge in [0.2, 0.25) is 0 Å². The van der Waals surface area contributed by atoms with Crippen molar-refractivity contribution in [2.45, 2.75) is 0 Å². The van der Waals surface area contributed by atoms with Crippen molar-refractivity contribution in [3.63, 3.8) is 0 Å². The van der Waals surface area contributed by atoms with E-state index in [4.69, 9.17) is 4.74 Å². The van der Waals surface area contributed by atoms with E-state index < -0.39 is 16.4 Å². The molecule has 0 aliphatic rings. The van der Waals surface area contributed by atoms with E-state index in [9.17, 15) is 25.0 Å². The Morgan fingerprint density at radius 3 is 2.53 bits per heavy atom. The van der Waals surface area contributed by atoms with Crippen LogP contribution in [0.5, 0.6) is 5.75 Å². The standard InChI is InChI=1S/C26H18N4O5S/c1-35-22-13-6-5-12-21(22)28-24(31)20(16-27)26-29(18-9-3-2-4-10-18)25(32)23(36-26)15-17-8-7-11-19(14-17)30(33)34/h2-15H,1H3,(H,28,31)/b23-15-,26-20-. The van der Waals surface area contributed by atoms with Crippen LogP contribution in [0.3, 0.4) is 0 Å². The Balaban J connectivity index is 1.95. The van der Waals surface area contributed by atoms with Gasteiger partial charge in [-0.25, -0.2) is 0 Å². The van der Waals surface area contributed by atoms with Crippen LogP contribution in [0.4, 0.5) is 11.4 Å². The first-order valence-corrected chi connectivity index (χ1v) is 11.4. The fourth-order valence-corrected chi connectivity index (χ4v) is 4.57. The van der Waals surface area contributed by atoms with Gasteiger partial charge in [-0.2, -0.15) is 5.26 Å². The number of methoxy groups -OCH3 is 1. The van der Waals surface area contributed by atoms with Gasteiger partial charge in [0.15, 0.2) is 5.57 Å². The third-order valence-corrected chi connectivity index (χ3v) is 6.22. The average Bonchev–Trinajstić information content (AvgIpc) is 3.20. The van der Waals surface area contributed by atoms with Crippen molar-refractivity contribution in [2.24, 2.45) is 0 Å². The van der Waals surface area contributed by atoms with Crippen molar-refractivity contribution < 1.29 is 14.5 Å². The average molecular weight is 499 g/mol. The normalized spacial score (nSPS) is 11.9. The molecule has 10 heteroatoms. The molecule has 0 radical (unpaired) electrons. The number of benzene rings is 3. The topological polar surface area (TPSA) is 127 Å². The van der Waals surface area contributed by atoms with Gasteiger partial charge in [-0.15, -0.1) is 11.3 Å². The second-order valence-electron chi connectivity index (χ2n) is 7.39. The Kier molecular flexibility index (Phi) is 7.04. The summed E-state index contributed by atoms with van der Waals surface area (Å²) in [4.78, 5) is 37.2. The Morgan fingerprint density at radius 1 is 1.11 bits per heavy atom. The molecular formula is C26H18N4O5S. The summed E-state index contributed by atoms with van der Waals surface area (Å²) >= 11 is 0.945. The lowest BCUT2D eigenvalue weighted by Crippen LogP contribution is -2.32. The molecule has 1 amide bonds. The summed E-state index contributed by atoms with van der Waals surface area (Å²) in [6.07, 6.45) is 1.50. The van der Waals surface area contributed by atoms with Crippen molar-refractivity contribution in [3.05, 3.63) is 114 Å². The molecule has 1 heterocycles. The molecule has 9 nitrogen and oxygen atoms in total. The third kappa shape index (κ3) is 4.91. The van der Waals surface area contributed by atoms with Crippen molar-refractivity contribution in [3.8, 4) is 17.5 Å². The zero-order chi connectivity index (χ0) is 25.7. The second kappa shape index (κ2) is 10.5. The van der Waals surface area contributed by atoms with E-state index >= 15 is 0 Å². The summed E-state index contributed by atoms with van der Waals surface area (Å²) in [5.74, 6) is -0.302. The van der Waals surface area contributed by atoms with Gasteiger partial charge in [-0.3, -0.25) is 24.3 Å². The molecule has 1 N–H and O–H groups in total. The smallest absolute Gasteiger partial charge is 0.273 e. The molecule has 1 aromatic heterocycles. The monoisotopic (exact) mass is 498 g/mol. The highest BCUT2D eigenvalue weighted by Gasteiger charge is 2.18. The second-order valence-corrected chi connectivity index (χ2v) is 8.42. The van der Waals surface area contributed by atoms with Gasteiger partial charge >= 0.3 is 0 Å². The number of aromatic nitrogens is 1. The number of amides is 1. The van der Waals surface area contributed by atoms with Crippen LogP contribution in [-0.4, -0.2) is 22.5 Å². The number of nitro groups is 1. The summed E-state index contributed by atoms with van der Waals surface area (Å²) in [5.41, 5.74) is 0.406. The SMILES string of the molecule is COc1ccccc1NC(=O)/C(C#N)=c1\s/c(=C\c2cccc([N+](=O)[O-])c2)c(=O)n1-c1ccccc1. The highest BCUT2D eigenvalue weighted by atomic mass is 32.1. The minimum absolute atomic E-state index is 0.121. The number of carbonyl (C=O) groups excluding carboxylic acids is 1. The van der Waals surface area contributed by atoms with Crippen LogP contribution < -0.4 is 24.8 Å². The maximum Gasteiger partial charge on any atom is 0.273 e. The molecule has 0 atom stereocenters. The van der Waals surface area contributed by atoms with Crippen LogP contribution in [0.1, 0.15) is 5.56 Å². The fourth-order valence-electron chi connectivity index (χ4n) is 3.47. The van der Waals surface area contributed by atoms with Crippen LogP contribution in [0.15, 0.2) is 83.7 Å². The van der Waals surface area contributed by atoms with E-state index in [1.807, 2.05) is 6.07 Å². The summed E-state index contributed by atoms with van der Waals surface area (Å²) < 4.78 is 6.87. The van der Waals surface area contributed by atoms with Crippen LogP contribution in [-0.2, 0) is 4.79 Å². The number of nitrogens with zero attached hydrogens (tertiary/aromatic N) is 3. The molecule has 0 aliphatic carbocycles. The lowest BCUT2D eigenvalue weighted by Gasteiger charge is -2.09. The van der Waals surface area contributed by atoms with E-state index in [-0.39, 0.29) is 20.5 Å². The van der Waals surface area contributed by atoms with Crippen molar-refractivity contribution >= 4 is 40.3 Å². The van der Waals surface area contributed by atoms with Crippen molar-refractivity contribution in [2.75, 3.05) is 12.4 Å². The van der Waals surface area contributed by atoms with E-state index in [1.54, 1.807) is 60.7 Å². The number of nitrogens with one attached hydrogen (secondary N) is 1. The van der Waals surface area contributed by atoms with Crippen molar-refractivity contribution in [1.29, 1.82) is 5.26 Å². The van der Waals surface area contributed by atoms with Crippen LogP contribution in [0.25, 0.3) is 17.3 Å². The van der Waals surface area contributed by atoms with Crippen LogP contribution >= 0.6 is 11.3 Å². The van der Waals surface area contributed by atoms with Gasteiger partial charge in [-0.05, 0) is 35.9 Å². The molecule has 0 fully saturated rings. The van der Waals surface area contributed by atoms with E-state index in [1.165, 1.54) is 36.0 Å². The minimum atomic E-state index is -0.713. The number of thiazole rings is 1.